The molecule has 1 heterocycles. The van der Waals surface area contributed by atoms with Crippen molar-refractivity contribution < 1.29 is 4.74 Å². The van der Waals surface area contributed by atoms with Crippen LogP contribution in [0.5, 0.6) is 0 Å². The number of para-hydroxylation sites is 1. The lowest BCUT2D eigenvalue weighted by Gasteiger charge is -2.18. The highest BCUT2D eigenvalue weighted by molar-refractivity contribution is 14.0. The normalized spacial score (nSPS) is 18.6. The molecule has 1 unspecified atom stereocenters. The van der Waals surface area contributed by atoms with Gasteiger partial charge in [0.25, 0.3) is 0 Å². The molecule has 0 amide bonds. The van der Waals surface area contributed by atoms with Crippen molar-refractivity contribution in [2.24, 2.45) is 0 Å². The molecule has 1 aliphatic heterocycles. The van der Waals surface area contributed by atoms with E-state index in [0.29, 0.717) is 0 Å². The molecule has 0 spiro atoms. The van der Waals surface area contributed by atoms with Gasteiger partial charge in [-0.15, -0.1) is 24.0 Å². The summed E-state index contributed by atoms with van der Waals surface area (Å²) in [7, 11) is 2.01. The van der Waals surface area contributed by atoms with Crippen molar-refractivity contribution in [1.82, 2.24) is 4.90 Å². The average Bonchev–Trinajstić information content (AvgIpc) is 2.62. The summed E-state index contributed by atoms with van der Waals surface area (Å²) in [6, 6.07) is 10.0. The Hall–Kier alpha value is -1.17. The number of halogens is 1. The Labute approximate surface area is 119 Å². The van der Waals surface area contributed by atoms with Gasteiger partial charge in [0.2, 0.25) is 0 Å². The van der Waals surface area contributed by atoms with Crippen molar-refractivity contribution in [3.05, 3.63) is 54.6 Å². The van der Waals surface area contributed by atoms with Crippen LogP contribution in [0.15, 0.2) is 54.6 Å². The second kappa shape index (κ2) is 6.54. The van der Waals surface area contributed by atoms with E-state index >= 15 is 0 Å². The lowest BCUT2D eigenvalue weighted by atomic mass is 10.3. The summed E-state index contributed by atoms with van der Waals surface area (Å²) in [6.45, 7) is 2.03. The summed E-state index contributed by atoms with van der Waals surface area (Å²) >= 11 is 0. The smallest absolute Gasteiger partial charge is 0.192 e. The predicted octanol–water partition coefficient (Wildman–Crippen LogP) is 3.38. The number of rotatable bonds is 3. The second-order valence-electron chi connectivity index (χ2n) is 3.77. The molecule has 3 nitrogen and oxygen atoms in total. The molecule has 1 aromatic rings. The van der Waals surface area contributed by atoms with E-state index in [1.807, 2.05) is 56.6 Å². The third kappa shape index (κ3) is 3.66. The maximum atomic E-state index is 5.45. The topological polar surface area (TPSA) is 24.5 Å². The maximum Gasteiger partial charge on any atom is 0.192 e. The quantitative estimate of drug-likeness (QED) is 0.851. The highest BCUT2D eigenvalue weighted by atomic mass is 127. The highest BCUT2D eigenvalue weighted by Crippen LogP contribution is 2.17. The van der Waals surface area contributed by atoms with Gasteiger partial charge < -0.3 is 15.0 Å². The van der Waals surface area contributed by atoms with Crippen molar-refractivity contribution in [2.45, 2.75) is 13.2 Å². The van der Waals surface area contributed by atoms with E-state index in [1.54, 1.807) is 6.26 Å². The van der Waals surface area contributed by atoms with Gasteiger partial charge in [-0.1, -0.05) is 18.2 Å². The van der Waals surface area contributed by atoms with Gasteiger partial charge in [-0.3, -0.25) is 0 Å². The van der Waals surface area contributed by atoms with E-state index in [9.17, 15) is 0 Å². The maximum absolute atomic E-state index is 5.45. The van der Waals surface area contributed by atoms with Gasteiger partial charge in [-0.2, -0.15) is 0 Å². The fourth-order valence-electron chi connectivity index (χ4n) is 1.48. The summed E-state index contributed by atoms with van der Waals surface area (Å²) in [5.74, 6) is 0. The van der Waals surface area contributed by atoms with Crippen LogP contribution in [0.3, 0.4) is 0 Å². The first-order valence-corrected chi connectivity index (χ1v) is 5.31. The molecule has 4 heteroatoms. The third-order valence-corrected chi connectivity index (χ3v) is 2.60. The van der Waals surface area contributed by atoms with Gasteiger partial charge in [-0.25, -0.2) is 0 Å². The van der Waals surface area contributed by atoms with Crippen LogP contribution in [-0.2, 0) is 4.74 Å². The molecular weight excluding hydrogens is 327 g/mol. The molecule has 1 atom stereocenters. The number of benzene rings is 1. The average molecular weight is 344 g/mol. The number of anilines is 1. The lowest BCUT2D eigenvalue weighted by molar-refractivity contribution is 0.113. The molecule has 0 aromatic heterocycles. The highest BCUT2D eigenvalue weighted by Gasteiger charge is 2.17. The van der Waals surface area contributed by atoms with Crippen LogP contribution in [0, 0.1) is 0 Å². The number of hydrogen-bond donors (Lipinski definition) is 1. The molecule has 0 saturated carbocycles. The first-order chi connectivity index (χ1) is 7.77. The summed E-state index contributed by atoms with van der Waals surface area (Å²) in [4.78, 5) is 2.07. The van der Waals surface area contributed by atoms with Crippen molar-refractivity contribution in [2.75, 3.05) is 12.4 Å². The van der Waals surface area contributed by atoms with Crippen LogP contribution >= 0.6 is 24.0 Å². The minimum Gasteiger partial charge on any atom is -0.473 e. The van der Waals surface area contributed by atoms with Gasteiger partial charge in [0.15, 0.2) is 6.23 Å². The molecule has 92 valence electrons. The molecule has 17 heavy (non-hydrogen) atoms. The molecule has 0 saturated heterocycles. The minimum absolute atomic E-state index is 0. The van der Waals surface area contributed by atoms with E-state index in [4.69, 9.17) is 4.74 Å². The number of hydrogen-bond acceptors (Lipinski definition) is 3. The molecule has 0 radical (unpaired) electrons. The third-order valence-electron chi connectivity index (χ3n) is 2.60. The second-order valence-corrected chi connectivity index (χ2v) is 3.77. The standard InChI is InChI=1S/C13H16N2O.HI/c1-11-10-16-13(15(11)2)8-9-14-12-6-4-3-5-7-12;/h3-10,13-14H,1-2H3;1H. The number of likely N-dealkylation sites (N-methyl/N-ethyl adjacent to an activating group) is 1. The molecule has 1 aliphatic rings. The molecule has 1 aromatic carbocycles. The predicted molar refractivity (Wildman–Crippen MR) is 81.0 cm³/mol. The van der Waals surface area contributed by atoms with Crippen LogP contribution in [0.4, 0.5) is 5.69 Å². The Morgan fingerprint density at radius 1 is 1.29 bits per heavy atom. The first kappa shape index (κ1) is 13.9. The van der Waals surface area contributed by atoms with Gasteiger partial charge in [-0.05, 0) is 25.1 Å². The number of nitrogens with one attached hydrogen (secondary N) is 1. The Balaban J connectivity index is 0.00000144. The largest absolute Gasteiger partial charge is 0.473 e. The number of ether oxygens (including phenoxy) is 1. The molecule has 2 rings (SSSR count). The van der Waals surface area contributed by atoms with Crippen LogP contribution in [0.25, 0.3) is 0 Å². The van der Waals surface area contributed by atoms with Crippen LogP contribution < -0.4 is 5.32 Å². The Bertz CT molecular complexity index is 403. The number of allylic oxidation sites excluding steroid dienone is 1. The van der Waals surface area contributed by atoms with Crippen LogP contribution in [0.1, 0.15) is 6.92 Å². The van der Waals surface area contributed by atoms with E-state index in [2.05, 4.69) is 10.2 Å². The Morgan fingerprint density at radius 3 is 2.59 bits per heavy atom. The summed E-state index contributed by atoms with van der Waals surface area (Å²) in [6.07, 6.45) is 5.66. The van der Waals surface area contributed by atoms with E-state index in [1.165, 1.54) is 0 Å². The van der Waals surface area contributed by atoms with Gasteiger partial charge in [0.05, 0.1) is 0 Å². The SMILES string of the molecule is CC1=COC(C=CNc2ccccc2)N1C.I. The zero-order chi connectivity index (χ0) is 11.4. The molecule has 0 fully saturated rings. The summed E-state index contributed by atoms with van der Waals surface area (Å²) in [5, 5.41) is 3.20. The monoisotopic (exact) mass is 344 g/mol. The summed E-state index contributed by atoms with van der Waals surface area (Å²) < 4.78 is 5.45. The van der Waals surface area contributed by atoms with Crippen molar-refractivity contribution >= 4 is 29.7 Å². The van der Waals surface area contributed by atoms with Gasteiger partial charge in [0, 0.05) is 24.6 Å². The zero-order valence-electron chi connectivity index (χ0n) is 9.96. The van der Waals surface area contributed by atoms with Gasteiger partial charge >= 0.3 is 0 Å². The summed E-state index contributed by atoms with van der Waals surface area (Å²) in [5.41, 5.74) is 2.21. The fourth-order valence-corrected chi connectivity index (χ4v) is 1.48. The molecule has 0 bridgehead atoms. The first-order valence-electron chi connectivity index (χ1n) is 5.31. The Morgan fingerprint density at radius 2 is 2.00 bits per heavy atom. The van der Waals surface area contributed by atoms with Crippen molar-refractivity contribution in [3.8, 4) is 0 Å². The molecule has 1 N–H and O–H groups in total. The molecular formula is C13H17IN2O. The Kier molecular flexibility index (Phi) is 5.34. The molecule has 0 aliphatic carbocycles. The van der Waals surface area contributed by atoms with Crippen molar-refractivity contribution in [3.63, 3.8) is 0 Å². The van der Waals surface area contributed by atoms with E-state index in [-0.39, 0.29) is 30.2 Å². The van der Waals surface area contributed by atoms with Crippen LogP contribution in [0.2, 0.25) is 0 Å². The van der Waals surface area contributed by atoms with E-state index < -0.39 is 0 Å². The lowest BCUT2D eigenvalue weighted by Crippen LogP contribution is -2.24. The zero-order valence-corrected chi connectivity index (χ0v) is 12.3. The fraction of sp³-hybridized carbons (Fsp3) is 0.231. The van der Waals surface area contributed by atoms with Gasteiger partial charge in [0.1, 0.15) is 6.26 Å². The van der Waals surface area contributed by atoms with E-state index in [0.717, 1.165) is 11.4 Å². The number of nitrogens with zero attached hydrogens (tertiary/aromatic N) is 1. The van der Waals surface area contributed by atoms with Crippen LogP contribution in [-0.4, -0.2) is 18.2 Å². The minimum atomic E-state index is -0.00351. The van der Waals surface area contributed by atoms with Crippen molar-refractivity contribution in [1.29, 1.82) is 0 Å².